The van der Waals surface area contributed by atoms with Crippen molar-refractivity contribution in [2.45, 2.75) is 78.5 Å². The normalized spacial score (nSPS) is 15.5. The van der Waals surface area contributed by atoms with Crippen molar-refractivity contribution in [1.82, 2.24) is 15.5 Å². The van der Waals surface area contributed by atoms with Gasteiger partial charge in [0.15, 0.2) is 0 Å². The fourth-order valence-electron chi connectivity index (χ4n) is 4.75. The predicted molar refractivity (Wildman–Crippen MR) is 159 cm³/mol. The molecule has 1 fully saturated rings. The van der Waals surface area contributed by atoms with E-state index in [-0.39, 0.29) is 29.6 Å². The van der Waals surface area contributed by atoms with Gasteiger partial charge >= 0.3 is 6.09 Å². The van der Waals surface area contributed by atoms with Crippen LogP contribution in [0.1, 0.15) is 58.6 Å². The van der Waals surface area contributed by atoms with Crippen LogP contribution in [-0.2, 0) is 25.5 Å². The molecule has 9 nitrogen and oxygen atoms in total. The Kier molecular flexibility index (Phi) is 10.9. The molecule has 222 valence electrons. The van der Waals surface area contributed by atoms with Crippen molar-refractivity contribution in [3.05, 3.63) is 65.7 Å². The van der Waals surface area contributed by atoms with Gasteiger partial charge in [-0.05, 0) is 64.2 Å². The highest BCUT2D eigenvalue weighted by atomic mass is 16.6. The first kappa shape index (κ1) is 31.6. The van der Waals surface area contributed by atoms with Crippen molar-refractivity contribution in [3.8, 4) is 0 Å². The van der Waals surface area contributed by atoms with E-state index in [1.54, 1.807) is 25.7 Å². The largest absolute Gasteiger partial charge is 0.444 e. The van der Waals surface area contributed by atoms with Crippen LogP contribution >= 0.6 is 0 Å². The molecule has 0 saturated carbocycles. The molecule has 0 aliphatic carbocycles. The number of hydrogen-bond acceptors (Lipinski definition) is 5. The van der Waals surface area contributed by atoms with E-state index in [0.29, 0.717) is 38.0 Å². The fraction of sp³-hybridized carbons (Fsp3) is 0.500. The number of rotatable bonds is 9. The van der Waals surface area contributed by atoms with Gasteiger partial charge in [-0.3, -0.25) is 14.4 Å². The topological polar surface area (TPSA) is 117 Å². The maximum absolute atomic E-state index is 13.5. The third-order valence-corrected chi connectivity index (χ3v) is 7.02. The van der Waals surface area contributed by atoms with Crippen LogP contribution in [0.15, 0.2) is 54.6 Å². The Balaban J connectivity index is 1.59. The van der Waals surface area contributed by atoms with Crippen LogP contribution in [0.5, 0.6) is 0 Å². The quantitative estimate of drug-likeness (QED) is 0.416. The standard InChI is InChI=1S/C32H44N4O5/c1-21(2)27(29(38)33-25-14-12-22(3)13-15-25)35-28(37)24-16-18-36(19-17-24)30(39)26(20-23-10-8-7-9-11-23)34-31(40)41-32(4,5)6/h7-15,21,24,26-27H,16-20H2,1-6H3,(H,33,38)(H,34,40)(H,35,37). The minimum atomic E-state index is -0.798. The summed E-state index contributed by atoms with van der Waals surface area (Å²) in [4.78, 5) is 53.9. The third-order valence-electron chi connectivity index (χ3n) is 7.02. The summed E-state index contributed by atoms with van der Waals surface area (Å²) in [5.74, 6) is -1.09. The Morgan fingerprint density at radius 2 is 1.54 bits per heavy atom. The van der Waals surface area contributed by atoms with Crippen molar-refractivity contribution in [2.75, 3.05) is 18.4 Å². The van der Waals surface area contributed by atoms with Crippen LogP contribution in [0.2, 0.25) is 0 Å². The molecular formula is C32H44N4O5. The maximum atomic E-state index is 13.5. The van der Waals surface area contributed by atoms with Crippen LogP contribution in [0.25, 0.3) is 0 Å². The van der Waals surface area contributed by atoms with Gasteiger partial charge < -0.3 is 25.6 Å². The smallest absolute Gasteiger partial charge is 0.408 e. The second-order valence-corrected chi connectivity index (χ2v) is 12.1. The van der Waals surface area contributed by atoms with E-state index in [4.69, 9.17) is 4.74 Å². The van der Waals surface area contributed by atoms with Crippen molar-refractivity contribution in [2.24, 2.45) is 11.8 Å². The van der Waals surface area contributed by atoms with Gasteiger partial charge in [-0.15, -0.1) is 0 Å². The zero-order valence-electron chi connectivity index (χ0n) is 25.0. The molecule has 2 aromatic rings. The first-order valence-electron chi connectivity index (χ1n) is 14.3. The molecule has 0 radical (unpaired) electrons. The maximum Gasteiger partial charge on any atom is 0.408 e. The molecule has 0 spiro atoms. The molecule has 1 aliphatic rings. The molecule has 1 heterocycles. The van der Waals surface area contributed by atoms with E-state index in [2.05, 4.69) is 16.0 Å². The third kappa shape index (κ3) is 9.92. The fourth-order valence-corrected chi connectivity index (χ4v) is 4.75. The van der Waals surface area contributed by atoms with Gasteiger partial charge in [-0.1, -0.05) is 61.9 Å². The Morgan fingerprint density at radius 1 is 0.927 bits per heavy atom. The Labute approximate surface area is 243 Å². The molecule has 0 bridgehead atoms. The van der Waals surface area contributed by atoms with E-state index in [9.17, 15) is 19.2 Å². The molecule has 1 saturated heterocycles. The summed E-state index contributed by atoms with van der Waals surface area (Å²) in [5.41, 5.74) is 1.99. The van der Waals surface area contributed by atoms with E-state index >= 15 is 0 Å². The second kappa shape index (κ2) is 14.1. The molecule has 1 aliphatic heterocycles. The molecule has 2 atom stereocenters. The molecule has 3 N–H and O–H groups in total. The van der Waals surface area contributed by atoms with Gasteiger partial charge in [0.25, 0.3) is 0 Å². The van der Waals surface area contributed by atoms with Gasteiger partial charge in [-0.25, -0.2) is 4.79 Å². The summed E-state index contributed by atoms with van der Waals surface area (Å²) >= 11 is 0. The minimum Gasteiger partial charge on any atom is -0.444 e. The summed E-state index contributed by atoms with van der Waals surface area (Å²) in [5, 5.41) is 8.58. The van der Waals surface area contributed by atoms with Gasteiger partial charge in [-0.2, -0.15) is 0 Å². The van der Waals surface area contributed by atoms with E-state index < -0.39 is 23.8 Å². The van der Waals surface area contributed by atoms with Crippen molar-refractivity contribution in [1.29, 1.82) is 0 Å². The van der Waals surface area contributed by atoms with Crippen LogP contribution in [-0.4, -0.2) is 59.5 Å². The molecule has 3 rings (SSSR count). The highest BCUT2D eigenvalue weighted by Gasteiger charge is 2.34. The lowest BCUT2D eigenvalue weighted by molar-refractivity contribution is -0.138. The molecule has 2 aromatic carbocycles. The Morgan fingerprint density at radius 3 is 2.10 bits per heavy atom. The zero-order chi connectivity index (χ0) is 30.2. The number of alkyl carbamates (subject to hydrolysis) is 1. The number of anilines is 1. The highest BCUT2D eigenvalue weighted by molar-refractivity contribution is 5.97. The van der Waals surface area contributed by atoms with Gasteiger partial charge in [0, 0.05) is 31.1 Å². The first-order valence-corrected chi connectivity index (χ1v) is 14.3. The van der Waals surface area contributed by atoms with E-state index in [0.717, 1.165) is 11.1 Å². The summed E-state index contributed by atoms with van der Waals surface area (Å²) in [6, 6.07) is 15.5. The van der Waals surface area contributed by atoms with Crippen molar-refractivity contribution >= 4 is 29.5 Å². The van der Waals surface area contributed by atoms with Crippen molar-refractivity contribution < 1.29 is 23.9 Å². The number of amides is 4. The average Bonchev–Trinajstić information content (AvgIpc) is 2.91. The van der Waals surface area contributed by atoms with Crippen LogP contribution < -0.4 is 16.0 Å². The predicted octanol–water partition coefficient (Wildman–Crippen LogP) is 4.45. The highest BCUT2D eigenvalue weighted by Crippen LogP contribution is 2.20. The Hall–Kier alpha value is -3.88. The monoisotopic (exact) mass is 564 g/mol. The average molecular weight is 565 g/mol. The van der Waals surface area contributed by atoms with Gasteiger partial charge in [0.05, 0.1) is 0 Å². The number of carbonyl (C=O) groups is 4. The van der Waals surface area contributed by atoms with Crippen LogP contribution in [0, 0.1) is 18.8 Å². The van der Waals surface area contributed by atoms with Crippen LogP contribution in [0.3, 0.4) is 0 Å². The molecule has 41 heavy (non-hydrogen) atoms. The van der Waals surface area contributed by atoms with E-state index in [1.165, 1.54) is 0 Å². The number of benzene rings is 2. The lowest BCUT2D eigenvalue weighted by atomic mass is 9.93. The number of nitrogens with zero attached hydrogens (tertiary/aromatic N) is 1. The second-order valence-electron chi connectivity index (χ2n) is 12.1. The molecule has 4 amide bonds. The number of aryl methyl sites for hydroxylation is 1. The minimum absolute atomic E-state index is 0.108. The summed E-state index contributed by atoms with van der Waals surface area (Å²) < 4.78 is 5.40. The van der Waals surface area contributed by atoms with Gasteiger partial charge in [0.2, 0.25) is 17.7 Å². The molecule has 9 heteroatoms. The Bertz CT molecular complexity index is 1180. The van der Waals surface area contributed by atoms with Crippen molar-refractivity contribution in [3.63, 3.8) is 0 Å². The number of ether oxygens (including phenoxy) is 1. The summed E-state index contributed by atoms with van der Waals surface area (Å²) in [7, 11) is 0. The summed E-state index contributed by atoms with van der Waals surface area (Å²) in [6.45, 7) is 11.8. The molecular weight excluding hydrogens is 520 g/mol. The lowest BCUT2D eigenvalue weighted by Crippen LogP contribution is -2.54. The number of nitrogens with one attached hydrogen (secondary N) is 3. The number of piperidine rings is 1. The van der Waals surface area contributed by atoms with Gasteiger partial charge in [0.1, 0.15) is 17.7 Å². The molecule has 0 aromatic heterocycles. The van der Waals surface area contributed by atoms with E-state index in [1.807, 2.05) is 75.4 Å². The number of carbonyl (C=O) groups excluding carboxylic acids is 4. The summed E-state index contributed by atoms with van der Waals surface area (Å²) in [6.07, 6.45) is 0.606. The zero-order valence-corrected chi connectivity index (χ0v) is 25.0. The number of hydrogen-bond donors (Lipinski definition) is 3. The van der Waals surface area contributed by atoms with Crippen LogP contribution in [0.4, 0.5) is 10.5 Å². The first-order chi connectivity index (χ1) is 19.3. The number of likely N-dealkylation sites (tertiary alicyclic amines) is 1. The lowest BCUT2D eigenvalue weighted by Gasteiger charge is -2.35. The molecule has 2 unspecified atom stereocenters. The SMILES string of the molecule is Cc1ccc(NC(=O)C(NC(=O)C2CCN(C(=O)C(Cc3ccccc3)NC(=O)OC(C)(C)C)CC2)C(C)C)cc1.